The van der Waals surface area contributed by atoms with Crippen molar-refractivity contribution in [1.29, 1.82) is 5.41 Å². The van der Waals surface area contributed by atoms with Crippen LogP contribution in [0.15, 0.2) is 115 Å². The number of nitrogens with two attached hydrogens (primary N) is 1. The van der Waals surface area contributed by atoms with Gasteiger partial charge in [0.25, 0.3) is 0 Å². The average molecular weight is 405 g/mol. The van der Waals surface area contributed by atoms with Gasteiger partial charge in [-0.25, -0.2) is 0 Å². The minimum atomic E-state index is 0.413. The largest absolute Gasteiger partial charge is 0.398 e. The number of hydrogen-bond donors (Lipinski definition) is 2. The van der Waals surface area contributed by atoms with E-state index in [0.717, 1.165) is 16.7 Å². The highest BCUT2D eigenvalue weighted by Crippen LogP contribution is 2.22. The van der Waals surface area contributed by atoms with E-state index in [1.807, 2.05) is 60.7 Å². The van der Waals surface area contributed by atoms with Crippen molar-refractivity contribution in [2.45, 2.75) is 13.8 Å². The molecule has 4 aromatic carbocycles. The normalized spacial score (nSPS) is 10.7. The predicted octanol–water partition coefficient (Wildman–Crippen LogP) is 7.02. The Morgan fingerprint density at radius 3 is 1.74 bits per heavy atom. The predicted molar refractivity (Wildman–Crippen MR) is 133 cm³/mol. The molecule has 0 saturated heterocycles. The minimum absolute atomic E-state index is 0.413. The summed E-state index contributed by atoms with van der Waals surface area (Å²) in [4.78, 5) is 0. The molecule has 4 rings (SSSR count). The first kappa shape index (κ1) is 21.8. The van der Waals surface area contributed by atoms with Gasteiger partial charge in [-0.2, -0.15) is 0 Å². The number of benzene rings is 4. The molecule has 31 heavy (non-hydrogen) atoms. The Bertz CT molecular complexity index is 1140. The lowest BCUT2D eigenvalue weighted by atomic mass is 10.0. The summed E-state index contributed by atoms with van der Waals surface area (Å²) in [5.41, 5.74) is 13.9. The average Bonchev–Trinajstić information content (AvgIpc) is 2.80. The summed E-state index contributed by atoms with van der Waals surface area (Å²) in [5.74, 6) is 0. The van der Waals surface area contributed by atoms with Crippen LogP contribution in [0, 0.1) is 19.3 Å². The van der Waals surface area contributed by atoms with Gasteiger partial charge in [-0.3, -0.25) is 0 Å². The van der Waals surface area contributed by atoms with Gasteiger partial charge in [-0.15, -0.1) is 0 Å². The monoisotopic (exact) mass is 404 g/mol. The molecule has 0 unspecified atom stereocenters. The highest BCUT2D eigenvalue weighted by molar-refractivity contribution is 6.10. The van der Waals surface area contributed by atoms with E-state index in [1.54, 1.807) is 6.08 Å². The zero-order valence-corrected chi connectivity index (χ0v) is 18.0. The third-order valence-corrected chi connectivity index (χ3v) is 4.89. The van der Waals surface area contributed by atoms with Crippen molar-refractivity contribution >= 4 is 11.4 Å². The summed E-state index contributed by atoms with van der Waals surface area (Å²) in [5, 5.41) is 8.15. The molecule has 4 aromatic rings. The lowest BCUT2D eigenvalue weighted by Gasteiger charge is -2.07. The van der Waals surface area contributed by atoms with Gasteiger partial charge < -0.3 is 11.1 Å². The molecular weight excluding hydrogens is 376 g/mol. The van der Waals surface area contributed by atoms with Crippen LogP contribution in [0.5, 0.6) is 0 Å². The second kappa shape index (κ2) is 10.7. The molecule has 2 nitrogen and oxygen atoms in total. The third-order valence-electron chi connectivity index (χ3n) is 4.89. The molecule has 3 N–H and O–H groups in total. The third kappa shape index (κ3) is 6.55. The fraction of sp³-hybridized carbons (Fsp3) is 0.0690. The Hall–Kier alpha value is -3.91. The fourth-order valence-corrected chi connectivity index (χ4v) is 3.15. The first-order valence-electron chi connectivity index (χ1n) is 10.3. The van der Waals surface area contributed by atoms with E-state index >= 15 is 0 Å². The lowest BCUT2D eigenvalue weighted by Crippen LogP contribution is -2.02. The standard InChI is InChI=1S/C22H20N2.C7H8/c1-16-6-5-9-20(14-16)17-10-12-19(13-11-17)22(24)15-21(23)18-7-3-2-4-8-18;1-7-5-3-2-4-6-7/h2-15,23H,24H2,1H3;2-6H,1H3/b22-15-,23-21?;. The van der Waals surface area contributed by atoms with Gasteiger partial charge in [0.1, 0.15) is 0 Å². The Kier molecular flexibility index (Phi) is 7.56. The van der Waals surface area contributed by atoms with E-state index < -0.39 is 0 Å². The van der Waals surface area contributed by atoms with Gasteiger partial charge in [-0.1, -0.05) is 120 Å². The number of hydrogen-bond acceptors (Lipinski definition) is 2. The van der Waals surface area contributed by atoms with Crippen molar-refractivity contribution < 1.29 is 0 Å². The molecule has 0 heterocycles. The van der Waals surface area contributed by atoms with E-state index in [2.05, 4.69) is 62.4 Å². The van der Waals surface area contributed by atoms with Crippen molar-refractivity contribution in [1.82, 2.24) is 0 Å². The molecule has 0 radical (unpaired) electrons. The van der Waals surface area contributed by atoms with Crippen molar-refractivity contribution in [2.24, 2.45) is 5.73 Å². The van der Waals surface area contributed by atoms with Crippen LogP contribution in [0.2, 0.25) is 0 Å². The van der Waals surface area contributed by atoms with Crippen LogP contribution in [0.3, 0.4) is 0 Å². The molecule has 0 atom stereocenters. The first-order chi connectivity index (χ1) is 15.0. The number of aryl methyl sites for hydroxylation is 2. The molecular formula is C29H28N2. The molecule has 0 bridgehead atoms. The summed E-state index contributed by atoms with van der Waals surface area (Å²) < 4.78 is 0. The smallest absolute Gasteiger partial charge is 0.0632 e. The van der Waals surface area contributed by atoms with Gasteiger partial charge in [0, 0.05) is 5.70 Å². The van der Waals surface area contributed by atoms with Crippen LogP contribution in [0.4, 0.5) is 0 Å². The van der Waals surface area contributed by atoms with Gasteiger partial charge in [-0.05, 0) is 42.2 Å². The summed E-state index contributed by atoms with van der Waals surface area (Å²) >= 11 is 0. The molecule has 0 fully saturated rings. The van der Waals surface area contributed by atoms with Crippen molar-refractivity contribution in [3.05, 3.63) is 138 Å². The van der Waals surface area contributed by atoms with Crippen LogP contribution < -0.4 is 5.73 Å². The topological polar surface area (TPSA) is 49.9 Å². The van der Waals surface area contributed by atoms with Crippen LogP contribution in [0.25, 0.3) is 16.8 Å². The van der Waals surface area contributed by atoms with Crippen molar-refractivity contribution in [3.63, 3.8) is 0 Å². The Morgan fingerprint density at radius 2 is 1.19 bits per heavy atom. The summed E-state index contributed by atoms with van der Waals surface area (Å²) in [6.45, 7) is 4.17. The molecule has 0 aliphatic heterocycles. The maximum atomic E-state index is 8.15. The van der Waals surface area contributed by atoms with E-state index in [0.29, 0.717) is 11.4 Å². The highest BCUT2D eigenvalue weighted by Gasteiger charge is 2.03. The fourth-order valence-electron chi connectivity index (χ4n) is 3.15. The van der Waals surface area contributed by atoms with Crippen LogP contribution in [-0.2, 0) is 0 Å². The van der Waals surface area contributed by atoms with Crippen molar-refractivity contribution in [3.8, 4) is 11.1 Å². The Morgan fingerprint density at radius 1 is 0.613 bits per heavy atom. The lowest BCUT2D eigenvalue weighted by molar-refractivity contribution is 1.45. The van der Waals surface area contributed by atoms with Crippen LogP contribution >= 0.6 is 0 Å². The summed E-state index contributed by atoms with van der Waals surface area (Å²) in [7, 11) is 0. The zero-order chi connectivity index (χ0) is 22.1. The Labute approximate surface area is 185 Å². The van der Waals surface area contributed by atoms with Gasteiger partial charge in [0.05, 0.1) is 5.71 Å². The van der Waals surface area contributed by atoms with E-state index in [1.165, 1.54) is 16.7 Å². The second-order valence-corrected chi connectivity index (χ2v) is 7.48. The SMILES string of the molecule is Cc1cccc(-c2ccc(/C(N)=C/C(=N)c3ccccc3)cc2)c1.Cc1ccccc1. The number of allylic oxidation sites excluding steroid dienone is 1. The van der Waals surface area contributed by atoms with Crippen LogP contribution in [0.1, 0.15) is 22.3 Å². The molecule has 154 valence electrons. The molecule has 0 saturated carbocycles. The minimum Gasteiger partial charge on any atom is -0.398 e. The molecule has 2 heteroatoms. The van der Waals surface area contributed by atoms with Gasteiger partial charge in [0.15, 0.2) is 0 Å². The van der Waals surface area contributed by atoms with Gasteiger partial charge >= 0.3 is 0 Å². The highest BCUT2D eigenvalue weighted by atomic mass is 14.6. The number of nitrogens with one attached hydrogen (secondary N) is 1. The van der Waals surface area contributed by atoms with E-state index in [4.69, 9.17) is 11.1 Å². The maximum Gasteiger partial charge on any atom is 0.0632 e. The molecule has 0 aliphatic carbocycles. The van der Waals surface area contributed by atoms with Gasteiger partial charge in [0.2, 0.25) is 0 Å². The molecule has 0 aromatic heterocycles. The zero-order valence-electron chi connectivity index (χ0n) is 18.0. The van der Waals surface area contributed by atoms with E-state index in [9.17, 15) is 0 Å². The number of rotatable bonds is 4. The molecule has 0 spiro atoms. The van der Waals surface area contributed by atoms with Crippen molar-refractivity contribution in [2.75, 3.05) is 0 Å². The molecule has 0 amide bonds. The summed E-state index contributed by atoms with van der Waals surface area (Å²) in [6, 6.07) is 36.4. The second-order valence-electron chi connectivity index (χ2n) is 7.48. The quantitative estimate of drug-likeness (QED) is 0.353. The Balaban J connectivity index is 0.000000330. The first-order valence-corrected chi connectivity index (χ1v) is 10.3. The summed E-state index contributed by atoms with van der Waals surface area (Å²) in [6.07, 6.45) is 1.71. The van der Waals surface area contributed by atoms with Crippen LogP contribution in [-0.4, -0.2) is 5.71 Å². The molecule has 0 aliphatic rings. The van der Waals surface area contributed by atoms with E-state index in [-0.39, 0.29) is 0 Å². The maximum absolute atomic E-state index is 8.15.